The Kier molecular flexibility index (Phi) is 5.28. The molecule has 3 rings (SSSR count). The molecule has 1 aliphatic heterocycles. The van der Waals surface area contributed by atoms with Gasteiger partial charge in [0.05, 0.1) is 12.1 Å². The van der Waals surface area contributed by atoms with Gasteiger partial charge in [-0.3, -0.25) is 0 Å². The maximum atomic E-state index is 12.8. The summed E-state index contributed by atoms with van der Waals surface area (Å²) in [5.41, 5.74) is 7.58. The van der Waals surface area contributed by atoms with E-state index in [0.29, 0.717) is 18.7 Å². The average Bonchev–Trinajstić information content (AvgIpc) is 2.88. The molecule has 1 fully saturated rings. The van der Waals surface area contributed by atoms with Crippen LogP contribution in [0.4, 0.5) is 9.59 Å². The first-order valence-corrected chi connectivity index (χ1v) is 8.83. The first-order valence-electron chi connectivity index (χ1n) is 8.19. The van der Waals surface area contributed by atoms with Gasteiger partial charge >= 0.3 is 12.1 Å². The molecule has 0 aromatic heterocycles. The molecule has 0 aliphatic carbocycles. The summed E-state index contributed by atoms with van der Waals surface area (Å²) in [4.78, 5) is 27.7. The molecule has 2 atom stereocenters. The van der Waals surface area contributed by atoms with Gasteiger partial charge in [-0.25, -0.2) is 14.5 Å². The van der Waals surface area contributed by atoms with Gasteiger partial charge in [0.25, 0.3) is 0 Å². The molecule has 5 nitrogen and oxygen atoms in total. The number of hydrogen-bond acceptors (Lipinski definition) is 3. The summed E-state index contributed by atoms with van der Waals surface area (Å²) in [6.07, 6.45) is 0.562. The van der Waals surface area contributed by atoms with Crippen LogP contribution in [0.3, 0.4) is 0 Å². The fraction of sp³-hybridized carbons (Fsp3) is 0.263. The lowest BCUT2D eigenvalue weighted by atomic mass is 10.00. The summed E-state index contributed by atoms with van der Waals surface area (Å²) in [5, 5.41) is 0. The van der Waals surface area contributed by atoms with Crippen molar-refractivity contribution in [2.24, 2.45) is 5.73 Å². The predicted molar refractivity (Wildman–Crippen MR) is 100 cm³/mol. The van der Waals surface area contributed by atoms with E-state index >= 15 is 0 Å². The number of carbonyl (C=O) groups excluding carboxylic acids is 2. The second-order valence-corrected chi connectivity index (χ2v) is 6.48. The Morgan fingerprint density at radius 1 is 0.960 bits per heavy atom. The highest BCUT2D eigenvalue weighted by molar-refractivity contribution is 7.80. The standard InChI is InChI=1S/C19H21N3O2S/c20-18(23)22-16(11-14-7-3-1-4-8-14)17(13-25)21(19(22)24)12-15-9-5-2-6-10-15/h1-10,16-17,25H,11-13H2,(H2,20,23). The normalized spacial score (nSPS) is 20.1. The quantitative estimate of drug-likeness (QED) is 0.810. The topological polar surface area (TPSA) is 66.6 Å². The average molecular weight is 355 g/mol. The molecule has 25 heavy (non-hydrogen) atoms. The van der Waals surface area contributed by atoms with Gasteiger partial charge in [-0.1, -0.05) is 60.7 Å². The van der Waals surface area contributed by atoms with E-state index < -0.39 is 6.03 Å². The number of thiol groups is 1. The summed E-state index contributed by atoms with van der Waals surface area (Å²) < 4.78 is 0. The first-order chi connectivity index (χ1) is 12.1. The summed E-state index contributed by atoms with van der Waals surface area (Å²) in [5.74, 6) is 0.458. The third kappa shape index (κ3) is 3.64. The molecule has 0 bridgehead atoms. The van der Waals surface area contributed by atoms with E-state index in [2.05, 4.69) is 12.6 Å². The second kappa shape index (κ2) is 7.61. The minimum absolute atomic E-state index is 0.191. The van der Waals surface area contributed by atoms with Crippen molar-refractivity contribution in [3.63, 3.8) is 0 Å². The number of hydrogen-bond donors (Lipinski definition) is 2. The van der Waals surface area contributed by atoms with E-state index in [1.165, 1.54) is 4.90 Å². The van der Waals surface area contributed by atoms with Crippen LogP contribution in [0.15, 0.2) is 60.7 Å². The Hall–Kier alpha value is -2.47. The van der Waals surface area contributed by atoms with E-state index in [0.717, 1.165) is 11.1 Å². The molecular formula is C19H21N3O2S. The minimum atomic E-state index is -0.715. The highest BCUT2D eigenvalue weighted by Gasteiger charge is 2.47. The SMILES string of the molecule is NC(=O)N1C(=O)N(Cc2ccccc2)C(CS)C1Cc1ccccc1. The smallest absolute Gasteiger partial charge is 0.329 e. The lowest BCUT2D eigenvalue weighted by molar-refractivity contribution is 0.182. The molecule has 4 amide bonds. The van der Waals surface area contributed by atoms with Crippen molar-refractivity contribution in [1.29, 1.82) is 0 Å². The molecule has 2 aromatic carbocycles. The van der Waals surface area contributed by atoms with Crippen LogP contribution in [-0.2, 0) is 13.0 Å². The molecule has 0 radical (unpaired) electrons. The molecule has 0 spiro atoms. The fourth-order valence-corrected chi connectivity index (χ4v) is 3.77. The summed E-state index contributed by atoms with van der Waals surface area (Å²) >= 11 is 4.44. The number of amides is 4. The van der Waals surface area contributed by atoms with Crippen molar-refractivity contribution >= 4 is 24.7 Å². The Balaban J connectivity index is 1.89. The Morgan fingerprint density at radius 3 is 2.04 bits per heavy atom. The number of rotatable bonds is 5. The maximum Gasteiger partial charge on any atom is 0.329 e. The van der Waals surface area contributed by atoms with Gasteiger partial charge in [0, 0.05) is 12.3 Å². The zero-order valence-corrected chi connectivity index (χ0v) is 14.7. The lowest BCUT2D eigenvalue weighted by Gasteiger charge is -2.26. The van der Waals surface area contributed by atoms with Crippen LogP contribution in [0.25, 0.3) is 0 Å². The number of nitrogens with two attached hydrogens (primary N) is 1. The zero-order valence-electron chi connectivity index (χ0n) is 13.8. The Labute approximate surface area is 152 Å². The van der Waals surface area contributed by atoms with Crippen LogP contribution >= 0.6 is 12.6 Å². The van der Waals surface area contributed by atoms with E-state index in [1.807, 2.05) is 60.7 Å². The third-order valence-corrected chi connectivity index (χ3v) is 4.91. The largest absolute Gasteiger partial charge is 0.351 e. The Morgan fingerprint density at radius 2 is 1.52 bits per heavy atom. The van der Waals surface area contributed by atoms with Crippen LogP contribution in [0.5, 0.6) is 0 Å². The summed E-state index contributed by atoms with van der Waals surface area (Å²) in [6, 6.07) is 17.9. The molecule has 2 unspecified atom stereocenters. The fourth-order valence-electron chi connectivity index (χ4n) is 3.33. The molecule has 1 saturated heterocycles. The van der Waals surface area contributed by atoms with Crippen molar-refractivity contribution < 1.29 is 9.59 Å². The number of nitrogens with zero attached hydrogens (tertiary/aromatic N) is 2. The lowest BCUT2D eigenvalue weighted by Crippen LogP contribution is -2.45. The number of primary amides is 1. The van der Waals surface area contributed by atoms with Crippen LogP contribution < -0.4 is 5.73 Å². The van der Waals surface area contributed by atoms with Gasteiger partial charge < -0.3 is 10.6 Å². The molecular weight excluding hydrogens is 334 g/mol. The number of benzene rings is 2. The van der Waals surface area contributed by atoms with Crippen molar-refractivity contribution in [3.05, 3.63) is 71.8 Å². The molecule has 2 aromatic rings. The zero-order chi connectivity index (χ0) is 17.8. The molecule has 1 heterocycles. The van der Waals surface area contributed by atoms with E-state index in [4.69, 9.17) is 5.73 Å². The van der Waals surface area contributed by atoms with Gasteiger partial charge in [-0.2, -0.15) is 12.6 Å². The van der Waals surface area contributed by atoms with E-state index in [9.17, 15) is 9.59 Å². The van der Waals surface area contributed by atoms with Crippen molar-refractivity contribution in [2.75, 3.05) is 5.75 Å². The van der Waals surface area contributed by atoms with Crippen LogP contribution in [0, 0.1) is 0 Å². The molecule has 1 aliphatic rings. The van der Waals surface area contributed by atoms with Crippen LogP contribution in [0.2, 0.25) is 0 Å². The van der Waals surface area contributed by atoms with Crippen molar-refractivity contribution in [2.45, 2.75) is 25.0 Å². The summed E-state index contributed by atoms with van der Waals surface area (Å²) in [6.45, 7) is 0.431. The predicted octanol–water partition coefficient (Wildman–Crippen LogP) is 2.91. The molecule has 0 saturated carbocycles. The Bertz CT molecular complexity index is 739. The highest BCUT2D eigenvalue weighted by atomic mass is 32.1. The molecule has 6 heteroatoms. The number of urea groups is 2. The monoisotopic (exact) mass is 355 g/mol. The van der Waals surface area contributed by atoms with Crippen LogP contribution in [-0.4, -0.2) is 39.7 Å². The number of carbonyl (C=O) groups is 2. The van der Waals surface area contributed by atoms with E-state index in [-0.39, 0.29) is 18.1 Å². The molecule has 2 N–H and O–H groups in total. The molecule has 130 valence electrons. The highest BCUT2D eigenvalue weighted by Crippen LogP contribution is 2.28. The van der Waals surface area contributed by atoms with Crippen molar-refractivity contribution in [3.8, 4) is 0 Å². The van der Waals surface area contributed by atoms with Gasteiger partial charge in [0.15, 0.2) is 0 Å². The minimum Gasteiger partial charge on any atom is -0.351 e. The van der Waals surface area contributed by atoms with Gasteiger partial charge in [-0.05, 0) is 17.5 Å². The number of imide groups is 1. The van der Waals surface area contributed by atoms with Gasteiger partial charge in [0.1, 0.15) is 0 Å². The third-order valence-electron chi connectivity index (χ3n) is 4.54. The summed E-state index contributed by atoms with van der Waals surface area (Å²) in [7, 11) is 0. The van der Waals surface area contributed by atoms with Crippen molar-refractivity contribution in [1.82, 2.24) is 9.80 Å². The van der Waals surface area contributed by atoms with Gasteiger partial charge in [-0.15, -0.1) is 0 Å². The van der Waals surface area contributed by atoms with E-state index in [1.54, 1.807) is 4.90 Å². The maximum absolute atomic E-state index is 12.8. The first kappa shape index (κ1) is 17.4. The van der Waals surface area contributed by atoms with Gasteiger partial charge in [0.2, 0.25) is 0 Å². The second-order valence-electron chi connectivity index (χ2n) is 6.11. The van der Waals surface area contributed by atoms with Crippen LogP contribution in [0.1, 0.15) is 11.1 Å².